The fourth-order valence-electron chi connectivity index (χ4n) is 5.60. The highest BCUT2D eigenvalue weighted by Crippen LogP contribution is 2.41. The minimum atomic E-state index is -2.01. The molecule has 1 unspecified atom stereocenters. The van der Waals surface area contributed by atoms with Crippen LogP contribution in [0.4, 0.5) is 14.5 Å². The SMILES string of the molecule is CNc1c(C)cc(C(OC(C)=O)[n+]2cnn(C[C@](O)(c3cc(F)ccc3F)[C@@H](C)c3nc(-c4ccc(C#N)cc4)cs3)c2)cc1C.Cl.[Cl-]. The number of esters is 1. The van der Waals surface area contributed by atoms with Gasteiger partial charge in [0.25, 0.3) is 12.6 Å². The quantitative estimate of drug-likeness (QED) is 0.169. The third-order valence-corrected chi connectivity index (χ3v) is 8.98. The lowest BCUT2D eigenvalue weighted by molar-refractivity contribution is -0.747. The number of hydrogen-bond donors (Lipinski definition) is 2. The molecule has 0 saturated carbocycles. The van der Waals surface area contributed by atoms with Crippen molar-refractivity contribution in [2.75, 3.05) is 12.4 Å². The van der Waals surface area contributed by atoms with E-state index in [9.17, 15) is 14.3 Å². The molecule has 0 fully saturated rings. The number of halogens is 4. The number of nitrogens with one attached hydrogen (secondary N) is 1. The van der Waals surface area contributed by atoms with Gasteiger partial charge in [0, 0.05) is 52.7 Å². The Balaban J connectivity index is 0.00000312. The van der Waals surface area contributed by atoms with Gasteiger partial charge >= 0.3 is 5.97 Å². The first-order valence-corrected chi connectivity index (χ1v) is 15.3. The molecule has 2 heterocycles. The Kier molecular flexibility index (Phi) is 12.4. The van der Waals surface area contributed by atoms with Crippen LogP contribution in [-0.2, 0) is 21.7 Å². The number of ether oxygens (including phenoxy) is 1. The summed E-state index contributed by atoms with van der Waals surface area (Å²) in [6.07, 6.45) is 2.12. The molecule has 9 nitrogen and oxygen atoms in total. The van der Waals surface area contributed by atoms with Crippen molar-refractivity contribution in [3.05, 3.63) is 117 Å². The Morgan fingerprint density at radius 1 is 1.17 bits per heavy atom. The maximum atomic E-state index is 15.4. The van der Waals surface area contributed by atoms with Crippen molar-refractivity contribution >= 4 is 35.4 Å². The lowest BCUT2D eigenvalue weighted by Gasteiger charge is -2.32. The van der Waals surface area contributed by atoms with Crippen molar-refractivity contribution in [3.63, 3.8) is 0 Å². The second kappa shape index (κ2) is 15.7. The zero-order chi connectivity index (χ0) is 33.2. The van der Waals surface area contributed by atoms with Crippen molar-refractivity contribution in [2.24, 2.45) is 0 Å². The number of carbonyl (C=O) groups is 1. The fraction of sp³-hybridized carbons (Fsp3) is 0.265. The minimum Gasteiger partial charge on any atom is -1.00 e. The van der Waals surface area contributed by atoms with Crippen molar-refractivity contribution in [1.82, 2.24) is 14.8 Å². The smallest absolute Gasteiger partial charge is 0.305 e. The van der Waals surface area contributed by atoms with Gasteiger partial charge in [-0.3, -0.25) is 4.79 Å². The monoisotopic (exact) mass is 714 g/mol. The molecule has 3 aromatic carbocycles. The average Bonchev–Trinajstić information content (AvgIpc) is 3.71. The van der Waals surface area contributed by atoms with E-state index in [2.05, 4.69) is 16.5 Å². The van der Waals surface area contributed by atoms with Crippen LogP contribution in [0.15, 0.2) is 72.6 Å². The molecule has 2 aromatic heterocycles. The van der Waals surface area contributed by atoms with Gasteiger partial charge in [0.15, 0.2) is 0 Å². The summed E-state index contributed by atoms with van der Waals surface area (Å²) in [7, 11) is 1.83. The number of aromatic nitrogens is 4. The standard InChI is InChI=1S/C34H33F2N6O3S.2ClH/c1-20-12-26(13-21(2)31(20)38-5)33(45-23(4)43)41-18-39-42(19-41)17-34(44,28-14-27(35)10-11-29(28)36)22(3)32-40-30(16-46-32)25-8-6-24(15-37)7-9-25;;/h6-14,16,18-19,22,33,38,44H,17H2,1-5H3;2*1H/q+1;;/p-1/t22-,33?,34+;;/m0../s1. The Morgan fingerprint density at radius 2 is 1.83 bits per heavy atom. The molecule has 0 aliphatic carbocycles. The van der Waals surface area contributed by atoms with Crippen LogP contribution in [0.25, 0.3) is 11.3 Å². The van der Waals surface area contributed by atoms with Gasteiger partial charge in [-0.2, -0.15) is 9.83 Å². The van der Waals surface area contributed by atoms with Gasteiger partial charge in [-0.1, -0.05) is 19.1 Å². The number of thiazole rings is 1. The summed E-state index contributed by atoms with van der Waals surface area (Å²) >= 11 is 1.27. The van der Waals surface area contributed by atoms with E-state index in [4.69, 9.17) is 15.0 Å². The van der Waals surface area contributed by atoms with E-state index in [1.165, 1.54) is 29.3 Å². The molecule has 5 rings (SSSR count). The molecule has 0 saturated heterocycles. The summed E-state index contributed by atoms with van der Waals surface area (Å²) in [5.41, 5.74) is 3.22. The molecule has 2 N–H and O–H groups in total. The molecular formula is C34H34Cl2F2N6O3S. The number of anilines is 1. The van der Waals surface area contributed by atoms with E-state index in [0.29, 0.717) is 21.8 Å². The predicted molar refractivity (Wildman–Crippen MR) is 176 cm³/mol. The molecule has 48 heavy (non-hydrogen) atoms. The topological polar surface area (TPSA) is 117 Å². The minimum absolute atomic E-state index is 0. The first-order valence-electron chi connectivity index (χ1n) is 14.5. The van der Waals surface area contributed by atoms with E-state index < -0.39 is 35.4 Å². The molecule has 5 aromatic rings. The zero-order valence-corrected chi connectivity index (χ0v) is 29.1. The second-order valence-corrected chi connectivity index (χ2v) is 12.1. The van der Waals surface area contributed by atoms with Crippen molar-refractivity contribution < 1.29 is 40.4 Å². The van der Waals surface area contributed by atoms with Crippen LogP contribution in [-0.4, -0.2) is 32.9 Å². The van der Waals surface area contributed by atoms with Crippen LogP contribution in [0.3, 0.4) is 0 Å². The van der Waals surface area contributed by atoms with Gasteiger partial charge in [-0.25, -0.2) is 13.8 Å². The third kappa shape index (κ3) is 7.82. The van der Waals surface area contributed by atoms with Crippen LogP contribution in [0.5, 0.6) is 0 Å². The fourth-order valence-corrected chi connectivity index (χ4v) is 6.58. The highest BCUT2D eigenvalue weighted by atomic mass is 35.5. The summed E-state index contributed by atoms with van der Waals surface area (Å²) in [5.74, 6) is -2.82. The van der Waals surface area contributed by atoms with Crippen molar-refractivity contribution in [2.45, 2.75) is 52.0 Å². The number of hydrogen-bond acceptors (Lipinski definition) is 8. The van der Waals surface area contributed by atoms with Gasteiger partial charge in [0.2, 0.25) is 6.33 Å². The van der Waals surface area contributed by atoms with Gasteiger partial charge in [0.1, 0.15) is 23.8 Å². The number of nitrogens with zero attached hydrogens (tertiary/aromatic N) is 5. The van der Waals surface area contributed by atoms with Crippen LogP contribution < -0.4 is 22.3 Å². The van der Waals surface area contributed by atoms with Crippen LogP contribution in [0, 0.1) is 36.8 Å². The summed E-state index contributed by atoms with van der Waals surface area (Å²) in [6, 6.07) is 15.8. The van der Waals surface area contributed by atoms with Gasteiger partial charge in [-0.05, 0) is 67.4 Å². The van der Waals surface area contributed by atoms with Crippen LogP contribution in [0.1, 0.15) is 58.8 Å². The maximum absolute atomic E-state index is 15.4. The normalized spacial score (nSPS) is 13.2. The molecule has 0 spiro atoms. The highest BCUT2D eigenvalue weighted by Gasteiger charge is 2.43. The Morgan fingerprint density at radius 3 is 2.44 bits per heavy atom. The van der Waals surface area contributed by atoms with Gasteiger partial charge < -0.3 is 27.6 Å². The van der Waals surface area contributed by atoms with Crippen LogP contribution >= 0.6 is 23.7 Å². The third-order valence-electron chi connectivity index (χ3n) is 7.95. The number of nitriles is 1. The molecule has 0 radical (unpaired) electrons. The highest BCUT2D eigenvalue weighted by molar-refractivity contribution is 7.10. The lowest BCUT2D eigenvalue weighted by Crippen LogP contribution is -3.00. The maximum Gasteiger partial charge on any atom is 0.305 e. The van der Waals surface area contributed by atoms with E-state index in [1.807, 2.05) is 38.4 Å². The predicted octanol–water partition coefficient (Wildman–Crippen LogP) is 3.33. The molecule has 14 heteroatoms. The van der Waals surface area contributed by atoms with Gasteiger partial charge in [-0.15, -0.1) is 28.4 Å². The molecule has 0 amide bonds. The number of carbonyl (C=O) groups excluding carboxylic acids is 1. The number of benzene rings is 3. The average molecular weight is 716 g/mol. The first kappa shape index (κ1) is 38.0. The first-order chi connectivity index (χ1) is 21.9. The number of aliphatic hydroxyl groups is 1. The molecule has 3 atom stereocenters. The second-order valence-electron chi connectivity index (χ2n) is 11.2. The van der Waals surface area contributed by atoms with E-state index in [1.54, 1.807) is 42.1 Å². The largest absolute Gasteiger partial charge is 1.00 e. The summed E-state index contributed by atoms with van der Waals surface area (Å²) in [5, 5.41) is 31.3. The molecule has 0 bridgehead atoms. The zero-order valence-electron chi connectivity index (χ0n) is 26.7. The Bertz CT molecular complexity index is 1920. The van der Waals surface area contributed by atoms with Crippen molar-refractivity contribution in [3.8, 4) is 17.3 Å². The number of rotatable bonds is 10. The van der Waals surface area contributed by atoms with E-state index >= 15 is 4.39 Å². The van der Waals surface area contributed by atoms with E-state index in [-0.39, 0.29) is 36.9 Å². The summed E-state index contributed by atoms with van der Waals surface area (Å²) in [6.45, 7) is 6.62. The molecule has 0 aliphatic rings. The van der Waals surface area contributed by atoms with Crippen LogP contribution in [0.2, 0.25) is 0 Å². The Labute approximate surface area is 293 Å². The van der Waals surface area contributed by atoms with Gasteiger partial charge in [0.05, 0.1) is 22.3 Å². The summed E-state index contributed by atoms with van der Waals surface area (Å²) < 4.78 is 38.5. The Hall–Kier alpha value is -4.41. The molecule has 252 valence electrons. The van der Waals surface area contributed by atoms with Crippen molar-refractivity contribution in [1.29, 1.82) is 5.26 Å². The molecule has 0 aliphatic heterocycles. The molecular weight excluding hydrogens is 681 g/mol. The summed E-state index contributed by atoms with van der Waals surface area (Å²) in [4.78, 5) is 16.9. The number of aryl methyl sites for hydroxylation is 2. The van der Waals surface area contributed by atoms with E-state index in [0.717, 1.165) is 40.6 Å². The lowest BCUT2D eigenvalue weighted by atomic mass is 9.82.